The standard InChI is InChI=1S/C26H32N2O4/c1-26(2,3)19-12-10-17(11-13-19)22-21(23(29)18-8-7-9-20(16-18)32-6)24(30)25(31)28(22)15-14-27(4)5/h7-13,16,22,29H,14-15H2,1-6H3/b23-21+. The van der Waals surface area contributed by atoms with Gasteiger partial charge in [-0.2, -0.15) is 0 Å². The number of ether oxygens (including phenoxy) is 1. The van der Waals surface area contributed by atoms with Crippen molar-refractivity contribution in [3.63, 3.8) is 0 Å². The molecule has 0 spiro atoms. The molecule has 6 heteroatoms. The number of aliphatic hydroxyl groups is 1. The Morgan fingerprint density at radius 1 is 1.09 bits per heavy atom. The van der Waals surface area contributed by atoms with Gasteiger partial charge in [0.15, 0.2) is 0 Å². The fraction of sp³-hybridized carbons (Fsp3) is 0.385. The lowest BCUT2D eigenvalue weighted by atomic mass is 9.85. The molecule has 1 atom stereocenters. The zero-order valence-corrected chi connectivity index (χ0v) is 19.7. The summed E-state index contributed by atoms with van der Waals surface area (Å²) in [5, 5.41) is 11.2. The van der Waals surface area contributed by atoms with Crippen LogP contribution < -0.4 is 4.74 Å². The van der Waals surface area contributed by atoms with E-state index in [-0.39, 0.29) is 16.7 Å². The number of nitrogens with zero attached hydrogens (tertiary/aromatic N) is 2. The van der Waals surface area contributed by atoms with Crippen LogP contribution in [-0.2, 0) is 15.0 Å². The quantitative estimate of drug-likeness (QED) is 0.421. The maximum atomic E-state index is 13.1. The van der Waals surface area contributed by atoms with Gasteiger partial charge >= 0.3 is 0 Å². The average Bonchev–Trinajstić information content (AvgIpc) is 3.01. The van der Waals surface area contributed by atoms with Crippen LogP contribution >= 0.6 is 0 Å². The molecule has 1 aliphatic heterocycles. The molecule has 3 rings (SSSR count). The number of methoxy groups -OCH3 is 1. The minimum Gasteiger partial charge on any atom is -0.507 e. The summed E-state index contributed by atoms with van der Waals surface area (Å²) in [5.41, 5.74) is 2.46. The number of ketones is 1. The van der Waals surface area contributed by atoms with Gasteiger partial charge in [0.1, 0.15) is 11.5 Å². The molecular weight excluding hydrogens is 404 g/mol. The number of amides is 1. The Morgan fingerprint density at radius 2 is 1.75 bits per heavy atom. The monoisotopic (exact) mass is 436 g/mol. The van der Waals surface area contributed by atoms with Gasteiger partial charge < -0.3 is 19.6 Å². The number of aliphatic hydroxyl groups excluding tert-OH is 1. The van der Waals surface area contributed by atoms with E-state index >= 15 is 0 Å². The number of carbonyl (C=O) groups is 2. The van der Waals surface area contributed by atoms with Crippen LogP contribution in [0.25, 0.3) is 5.76 Å². The number of hydrogen-bond acceptors (Lipinski definition) is 5. The number of Topliss-reactive ketones (excluding diaryl/α,β-unsaturated/α-hetero) is 1. The van der Waals surface area contributed by atoms with Gasteiger partial charge in [-0.3, -0.25) is 9.59 Å². The van der Waals surface area contributed by atoms with E-state index in [2.05, 4.69) is 20.8 Å². The maximum Gasteiger partial charge on any atom is 0.295 e. The SMILES string of the molecule is COc1cccc(/C(O)=C2\C(=O)C(=O)N(CCN(C)C)C2c2ccc(C(C)(C)C)cc2)c1. The summed E-state index contributed by atoms with van der Waals surface area (Å²) >= 11 is 0. The van der Waals surface area contributed by atoms with Gasteiger partial charge in [-0.15, -0.1) is 0 Å². The van der Waals surface area contributed by atoms with Crippen molar-refractivity contribution < 1.29 is 19.4 Å². The van der Waals surface area contributed by atoms with Crippen LogP contribution in [0.5, 0.6) is 5.75 Å². The van der Waals surface area contributed by atoms with E-state index in [1.54, 1.807) is 29.2 Å². The molecule has 1 saturated heterocycles. The molecule has 6 nitrogen and oxygen atoms in total. The third-order valence-electron chi connectivity index (χ3n) is 5.76. The summed E-state index contributed by atoms with van der Waals surface area (Å²) in [5.74, 6) is -0.906. The second-order valence-corrected chi connectivity index (χ2v) is 9.40. The molecule has 0 saturated carbocycles. The van der Waals surface area contributed by atoms with Crippen molar-refractivity contribution in [3.8, 4) is 5.75 Å². The molecule has 1 heterocycles. The molecule has 0 bridgehead atoms. The second-order valence-electron chi connectivity index (χ2n) is 9.40. The van der Waals surface area contributed by atoms with Crippen LogP contribution in [0.3, 0.4) is 0 Å². The molecule has 170 valence electrons. The molecule has 2 aromatic carbocycles. The van der Waals surface area contributed by atoms with Gasteiger partial charge in [0, 0.05) is 18.7 Å². The van der Waals surface area contributed by atoms with Gasteiger partial charge in [0.25, 0.3) is 11.7 Å². The number of rotatable bonds is 6. The van der Waals surface area contributed by atoms with Crippen molar-refractivity contribution in [2.45, 2.75) is 32.2 Å². The van der Waals surface area contributed by atoms with Gasteiger partial charge in [0.05, 0.1) is 18.7 Å². The third-order valence-corrected chi connectivity index (χ3v) is 5.76. The highest BCUT2D eigenvalue weighted by Gasteiger charge is 2.45. The summed E-state index contributed by atoms with van der Waals surface area (Å²) in [6.45, 7) is 7.37. The van der Waals surface area contributed by atoms with Crippen LogP contribution in [0.1, 0.15) is 43.5 Å². The Labute approximate surface area is 190 Å². The molecule has 0 radical (unpaired) electrons. The second kappa shape index (κ2) is 9.17. The number of likely N-dealkylation sites (N-methyl/N-ethyl adjacent to an activating group) is 1. The van der Waals surface area contributed by atoms with Crippen LogP contribution in [-0.4, -0.2) is 60.9 Å². The lowest BCUT2D eigenvalue weighted by Gasteiger charge is -2.27. The molecule has 1 unspecified atom stereocenters. The number of carbonyl (C=O) groups excluding carboxylic acids is 2. The molecule has 1 fully saturated rings. The van der Waals surface area contributed by atoms with Crippen molar-refractivity contribution in [2.75, 3.05) is 34.3 Å². The number of benzene rings is 2. The smallest absolute Gasteiger partial charge is 0.295 e. The third kappa shape index (κ3) is 4.70. The van der Waals surface area contributed by atoms with E-state index < -0.39 is 17.7 Å². The normalized spacial score (nSPS) is 18.5. The first-order valence-corrected chi connectivity index (χ1v) is 10.7. The van der Waals surface area contributed by atoms with Crippen LogP contribution in [0.4, 0.5) is 0 Å². The lowest BCUT2D eigenvalue weighted by molar-refractivity contribution is -0.140. The van der Waals surface area contributed by atoms with Crippen LogP contribution in [0.15, 0.2) is 54.1 Å². The zero-order valence-electron chi connectivity index (χ0n) is 19.7. The molecule has 32 heavy (non-hydrogen) atoms. The predicted molar refractivity (Wildman–Crippen MR) is 126 cm³/mol. The summed E-state index contributed by atoms with van der Waals surface area (Å²) < 4.78 is 5.26. The Hall–Kier alpha value is -3.12. The van der Waals surface area contributed by atoms with Crippen molar-refractivity contribution >= 4 is 17.4 Å². The fourth-order valence-electron chi connectivity index (χ4n) is 3.86. The minimum atomic E-state index is -0.672. The Morgan fingerprint density at radius 3 is 2.31 bits per heavy atom. The van der Waals surface area contributed by atoms with Crippen LogP contribution in [0.2, 0.25) is 0 Å². The zero-order chi connectivity index (χ0) is 23.6. The van der Waals surface area contributed by atoms with Gasteiger partial charge in [-0.1, -0.05) is 57.2 Å². The van der Waals surface area contributed by atoms with Crippen LogP contribution in [0, 0.1) is 0 Å². The van der Waals surface area contributed by atoms with Crippen molar-refractivity contribution in [2.24, 2.45) is 0 Å². The molecule has 0 aliphatic carbocycles. The Kier molecular flexibility index (Phi) is 6.74. The number of likely N-dealkylation sites (tertiary alicyclic amines) is 1. The van der Waals surface area contributed by atoms with Crippen molar-refractivity contribution in [1.29, 1.82) is 0 Å². The largest absolute Gasteiger partial charge is 0.507 e. The molecule has 2 aromatic rings. The fourth-order valence-corrected chi connectivity index (χ4v) is 3.86. The molecular formula is C26H32N2O4. The molecule has 1 amide bonds. The summed E-state index contributed by atoms with van der Waals surface area (Å²) in [6.07, 6.45) is 0. The summed E-state index contributed by atoms with van der Waals surface area (Å²) in [4.78, 5) is 29.6. The number of hydrogen-bond donors (Lipinski definition) is 1. The lowest BCUT2D eigenvalue weighted by Crippen LogP contribution is -2.35. The molecule has 1 N–H and O–H groups in total. The minimum absolute atomic E-state index is 0.0220. The summed E-state index contributed by atoms with van der Waals surface area (Å²) in [7, 11) is 5.37. The van der Waals surface area contributed by atoms with Crippen molar-refractivity contribution in [3.05, 3.63) is 70.8 Å². The first kappa shape index (κ1) is 23.5. The topological polar surface area (TPSA) is 70.1 Å². The average molecular weight is 437 g/mol. The van der Waals surface area contributed by atoms with Crippen molar-refractivity contribution in [1.82, 2.24) is 9.80 Å². The van der Waals surface area contributed by atoms with Gasteiger partial charge in [-0.05, 0) is 42.8 Å². The van der Waals surface area contributed by atoms with E-state index in [1.165, 1.54) is 7.11 Å². The van der Waals surface area contributed by atoms with E-state index in [0.717, 1.165) is 11.1 Å². The van der Waals surface area contributed by atoms with Gasteiger partial charge in [0.2, 0.25) is 0 Å². The Balaban J connectivity index is 2.14. The molecule has 1 aliphatic rings. The highest BCUT2D eigenvalue weighted by molar-refractivity contribution is 6.46. The highest BCUT2D eigenvalue weighted by Crippen LogP contribution is 2.40. The highest BCUT2D eigenvalue weighted by atomic mass is 16.5. The first-order valence-electron chi connectivity index (χ1n) is 10.7. The van der Waals surface area contributed by atoms with E-state index in [4.69, 9.17) is 4.74 Å². The van der Waals surface area contributed by atoms with E-state index in [1.807, 2.05) is 43.3 Å². The van der Waals surface area contributed by atoms with E-state index in [0.29, 0.717) is 24.4 Å². The maximum absolute atomic E-state index is 13.1. The predicted octanol–water partition coefficient (Wildman–Crippen LogP) is 3.98. The van der Waals surface area contributed by atoms with Gasteiger partial charge in [-0.25, -0.2) is 0 Å². The first-order chi connectivity index (χ1) is 15.0. The molecule has 0 aromatic heterocycles. The van der Waals surface area contributed by atoms with E-state index in [9.17, 15) is 14.7 Å². The summed E-state index contributed by atoms with van der Waals surface area (Å²) in [6, 6.07) is 14.1. The Bertz CT molecular complexity index is 1030.